The lowest BCUT2D eigenvalue weighted by atomic mass is 10.2. The normalized spacial score (nSPS) is 10.7. The number of nitriles is 1. The van der Waals surface area contributed by atoms with Gasteiger partial charge in [-0.25, -0.2) is 4.98 Å². The van der Waals surface area contributed by atoms with Gasteiger partial charge in [0.25, 0.3) is 0 Å². The van der Waals surface area contributed by atoms with Crippen LogP contribution in [0.1, 0.15) is 5.56 Å². The molecule has 0 fully saturated rings. The lowest BCUT2D eigenvalue weighted by molar-refractivity contribution is 0.959. The van der Waals surface area contributed by atoms with Gasteiger partial charge in [-0.1, -0.05) is 33.6 Å². The molecule has 1 heterocycles. The maximum Gasteiger partial charge on any atom is 0.141 e. The predicted molar refractivity (Wildman–Crippen MR) is 83.6 cm³/mol. The lowest BCUT2D eigenvalue weighted by Crippen LogP contribution is -1.92. The standard InChI is InChI=1S/C15H9BrClN3/c1-20-13-4-2-3-9(8-18)14(13)19-15(20)10-5-11(16)7-12(17)6-10/h2-7H,1H3. The number of fused-ring (bicyclic) bond motifs is 1. The number of hydrogen-bond donors (Lipinski definition) is 0. The zero-order valence-electron chi connectivity index (χ0n) is 10.6. The molecule has 0 aliphatic rings. The van der Waals surface area contributed by atoms with E-state index in [1.54, 1.807) is 6.07 Å². The fourth-order valence-electron chi connectivity index (χ4n) is 2.25. The molecule has 1 aromatic heterocycles. The van der Waals surface area contributed by atoms with Crippen LogP contribution >= 0.6 is 27.5 Å². The highest BCUT2D eigenvalue weighted by Crippen LogP contribution is 2.29. The number of imidazole rings is 1. The van der Waals surface area contributed by atoms with Crippen LogP contribution in [0.2, 0.25) is 5.02 Å². The highest BCUT2D eigenvalue weighted by Gasteiger charge is 2.13. The van der Waals surface area contributed by atoms with Crippen molar-refractivity contribution in [1.82, 2.24) is 9.55 Å². The maximum absolute atomic E-state index is 9.17. The lowest BCUT2D eigenvalue weighted by Gasteiger charge is -2.04. The molecule has 98 valence electrons. The molecule has 0 aliphatic carbocycles. The highest BCUT2D eigenvalue weighted by molar-refractivity contribution is 9.10. The molecular weight excluding hydrogens is 338 g/mol. The monoisotopic (exact) mass is 345 g/mol. The van der Waals surface area contributed by atoms with Crippen molar-refractivity contribution in [3.63, 3.8) is 0 Å². The molecule has 3 aromatic rings. The number of aryl methyl sites for hydroxylation is 1. The van der Waals surface area contributed by atoms with Crippen molar-refractivity contribution < 1.29 is 0 Å². The van der Waals surface area contributed by atoms with Gasteiger partial charge in [-0.15, -0.1) is 0 Å². The molecule has 5 heteroatoms. The minimum Gasteiger partial charge on any atom is -0.327 e. The molecule has 0 spiro atoms. The van der Waals surface area contributed by atoms with E-state index in [1.807, 2.05) is 41.9 Å². The Morgan fingerprint density at radius 1 is 1.30 bits per heavy atom. The van der Waals surface area contributed by atoms with E-state index in [4.69, 9.17) is 16.9 Å². The first kappa shape index (κ1) is 13.2. The number of rotatable bonds is 1. The van der Waals surface area contributed by atoms with Crippen LogP contribution in [0.5, 0.6) is 0 Å². The summed E-state index contributed by atoms with van der Waals surface area (Å²) in [7, 11) is 1.93. The Kier molecular flexibility index (Phi) is 3.25. The van der Waals surface area contributed by atoms with Gasteiger partial charge in [0, 0.05) is 22.1 Å². The van der Waals surface area contributed by atoms with Crippen LogP contribution in [0.3, 0.4) is 0 Å². The summed E-state index contributed by atoms with van der Waals surface area (Å²) in [6.45, 7) is 0. The third kappa shape index (κ3) is 2.09. The molecule has 0 unspecified atom stereocenters. The zero-order chi connectivity index (χ0) is 14.3. The van der Waals surface area contributed by atoms with Crippen LogP contribution < -0.4 is 0 Å². The molecule has 0 radical (unpaired) electrons. The predicted octanol–water partition coefficient (Wildman–Crippen LogP) is 4.53. The Balaban J connectivity index is 2.32. The molecule has 0 saturated heterocycles. The SMILES string of the molecule is Cn1c(-c2cc(Cl)cc(Br)c2)nc2c(C#N)cccc21. The maximum atomic E-state index is 9.17. The first-order valence-corrected chi connectivity index (χ1v) is 7.09. The summed E-state index contributed by atoms with van der Waals surface area (Å²) in [6, 6.07) is 13.4. The van der Waals surface area contributed by atoms with E-state index in [-0.39, 0.29) is 0 Å². The van der Waals surface area contributed by atoms with Crippen molar-refractivity contribution >= 4 is 38.6 Å². The molecule has 3 nitrogen and oxygen atoms in total. The molecule has 0 atom stereocenters. The quantitative estimate of drug-likeness (QED) is 0.649. The smallest absolute Gasteiger partial charge is 0.141 e. The number of para-hydroxylation sites is 1. The van der Waals surface area contributed by atoms with Crippen molar-refractivity contribution in [3.05, 3.63) is 51.5 Å². The third-order valence-electron chi connectivity index (χ3n) is 3.15. The van der Waals surface area contributed by atoms with E-state index >= 15 is 0 Å². The Hall–Kier alpha value is -1.83. The van der Waals surface area contributed by atoms with E-state index in [9.17, 15) is 0 Å². The molecule has 3 rings (SSSR count). The van der Waals surface area contributed by atoms with Crippen molar-refractivity contribution in [2.75, 3.05) is 0 Å². The van der Waals surface area contributed by atoms with Crippen LogP contribution in [-0.4, -0.2) is 9.55 Å². The van der Waals surface area contributed by atoms with E-state index in [1.165, 1.54) is 0 Å². The summed E-state index contributed by atoms with van der Waals surface area (Å²) in [5.41, 5.74) is 3.12. The fraction of sp³-hybridized carbons (Fsp3) is 0.0667. The van der Waals surface area contributed by atoms with Gasteiger partial charge in [0.15, 0.2) is 0 Å². The fourth-order valence-corrected chi connectivity index (χ4v) is 3.11. The van der Waals surface area contributed by atoms with Crippen LogP contribution in [0, 0.1) is 11.3 Å². The molecule has 0 amide bonds. The van der Waals surface area contributed by atoms with E-state index in [2.05, 4.69) is 27.0 Å². The minimum atomic E-state index is 0.574. The molecule has 0 N–H and O–H groups in total. The molecule has 0 saturated carbocycles. The van der Waals surface area contributed by atoms with Crippen LogP contribution in [-0.2, 0) is 7.05 Å². The Labute approximate surface area is 129 Å². The number of benzene rings is 2. The van der Waals surface area contributed by atoms with Gasteiger partial charge in [0.1, 0.15) is 17.4 Å². The van der Waals surface area contributed by atoms with E-state index < -0.39 is 0 Å². The van der Waals surface area contributed by atoms with Crippen LogP contribution in [0.25, 0.3) is 22.4 Å². The van der Waals surface area contributed by atoms with Crippen LogP contribution in [0.15, 0.2) is 40.9 Å². The van der Waals surface area contributed by atoms with Gasteiger partial charge in [-0.3, -0.25) is 0 Å². The third-order valence-corrected chi connectivity index (χ3v) is 3.83. The van der Waals surface area contributed by atoms with Gasteiger partial charge < -0.3 is 4.57 Å². The van der Waals surface area contributed by atoms with Gasteiger partial charge in [-0.05, 0) is 30.3 Å². The van der Waals surface area contributed by atoms with Crippen molar-refractivity contribution in [3.8, 4) is 17.5 Å². The Morgan fingerprint density at radius 2 is 2.10 bits per heavy atom. The number of aromatic nitrogens is 2. The van der Waals surface area contributed by atoms with E-state index in [0.717, 1.165) is 21.4 Å². The summed E-state index contributed by atoms with van der Waals surface area (Å²) in [4.78, 5) is 4.60. The van der Waals surface area contributed by atoms with E-state index in [0.29, 0.717) is 16.1 Å². The average molecular weight is 347 g/mol. The Morgan fingerprint density at radius 3 is 2.80 bits per heavy atom. The summed E-state index contributed by atoms with van der Waals surface area (Å²) in [5, 5.41) is 9.81. The Bertz CT molecular complexity index is 841. The largest absolute Gasteiger partial charge is 0.327 e. The second-order valence-corrected chi connectivity index (χ2v) is 5.79. The average Bonchev–Trinajstić information content (AvgIpc) is 2.75. The van der Waals surface area contributed by atoms with Crippen LogP contribution in [0.4, 0.5) is 0 Å². The number of nitrogens with zero attached hydrogens (tertiary/aromatic N) is 3. The topological polar surface area (TPSA) is 41.6 Å². The van der Waals surface area contributed by atoms with Crippen molar-refractivity contribution in [2.45, 2.75) is 0 Å². The summed E-state index contributed by atoms with van der Waals surface area (Å²) < 4.78 is 2.86. The molecule has 0 bridgehead atoms. The minimum absolute atomic E-state index is 0.574. The molecule has 2 aromatic carbocycles. The van der Waals surface area contributed by atoms with Gasteiger partial charge in [0.2, 0.25) is 0 Å². The van der Waals surface area contributed by atoms with Gasteiger partial charge in [0.05, 0.1) is 11.1 Å². The van der Waals surface area contributed by atoms with Crippen molar-refractivity contribution in [2.24, 2.45) is 7.05 Å². The molecular formula is C15H9BrClN3. The van der Waals surface area contributed by atoms with Gasteiger partial charge in [-0.2, -0.15) is 5.26 Å². The summed E-state index contributed by atoms with van der Waals surface area (Å²) in [5.74, 6) is 0.783. The van der Waals surface area contributed by atoms with Crippen molar-refractivity contribution in [1.29, 1.82) is 5.26 Å². The molecule has 0 aliphatic heterocycles. The second kappa shape index (κ2) is 4.93. The van der Waals surface area contributed by atoms with Gasteiger partial charge >= 0.3 is 0 Å². The first-order valence-electron chi connectivity index (χ1n) is 5.92. The summed E-state index contributed by atoms with van der Waals surface area (Å²) in [6.07, 6.45) is 0. The molecule has 20 heavy (non-hydrogen) atoms. The number of halogens is 2. The zero-order valence-corrected chi connectivity index (χ0v) is 12.9. The summed E-state index contributed by atoms with van der Waals surface area (Å²) >= 11 is 9.52. The second-order valence-electron chi connectivity index (χ2n) is 4.44. The number of hydrogen-bond acceptors (Lipinski definition) is 2. The highest BCUT2D eigenvalue weighted by atomic mass is 79.9. The first-order chi connectivity index (χ1) is 9.60.